The van der Waals surface area contributed by atoms with E-state index in [1.54, 1.807) is 54.9 Å². The topological polar surface area (TPSA) is 123 Å². The van der Waals surface area contributed by atoms with E-state index in [1.165, 1.54) is 30.6 Å². The number of rotatable bonds is 6. The number of carbonyl (C=O) groups is 1. The molecule has 0 fully saturated rings. The van der Waals surface area contributed by atoms with Crippen LogP contribution in [0.15, 0.2) is 90.4 Å². The Kier molecular flexibility index (Phi) is 5.42. The number of H-pyrrole nitrogens is 1. The molecule has 4 rings (SSSR count). The van der Waals surface area contributed by atoms with Gasteiger partial charge >= 0.3 is 0 Å². The zero-order chi connectivity index (χ0) is 21.8. The average Bonchev–Trinajstić information content (AvgIpc) is 3.47. The Morgan fingerprint density at radius 2 is 1.94 bits per heavy atom. The SMILES string of the molecule is Nc1ccccc1NC(=O)C=Cc1ccn(S(=O)(=O)c2cccc(-c3cn[nH]c3)c2)c1. The first-order valence-electron chi connectivity index (χ1n) is 9.30. The number of benzene rings is 2. The summed E-state index contributed by atoms with van der Waals surface area (Å²) in [5.41, 5.74) is 8.86. The first-order chi connectivity index (χ1) is 14.9. The maximum atomic E-state index is 13.0. The number of amides is 1. The lowest BCUT2D eigenvalue weighted by molar-refractivity contribution is -0.111. The molecule has 0 saturated carbocycles. The van der Waals surface area contributed by atoms with Gasteiger partial charge in [0.05, 0.1) is 22.5 Å². The van der Waals surface area contributed by atoms with Crippen molar-refractivity contribution < 1.29 is 13.2 Å². The molecule has 2 aromatic heterocycles. The number of nitrogens with two attached hydrogens (primary N) is 1. The van der Waals surface area contributed by atoms with E-state index in [0.717, 1.165) is 15.1 Å². The van der Waals surface area contributed by atoms with Crippen LogP contribution in [-0.2, 0) is 14.8 Å². The smallest absolute Gasteiger partial charge is 0.267 e. The van der Waals surface area contributed by atoms with Crippen molar-refractivity contribution in [2.45, 2.75) is 4.90 Å². The van der Waals surface area contributed by atoms with Gasteiger partial charge < -0.3 is 11.1 Å². The van der Waals surface area contributed by atoms with E-state index in [9.17, 15) is 13.2 Å². The van der Waals surface area contributed by atoms with Crippen LogP contribution in [0.3, 0.4) is 0 Å². The first kappa shape index (κ1) is 20.2. The minimum absolute atomic E-state index is 0.148. The molecular formula is C22H19N5O3S. The molecule has 0 aliphatic rings. The summed E-state index contributed by atoms with van der Waals surface area (Å²) < 4.78 is 27.1. The number of hydrogen-bond acceptors (Lipinski definition) is 5. The van der Waals surface area contributed by atoms with Crippen LogP contribution in [0, 0.1) is 0 Å². The van der Waals surface area contributed by atoms with Crippen molar-refractivity contribution in [3.63, 3.8) is 0 Å². The lowest BCUT2D eigenvalue weighted by atomic mass is 10.1. The van der Waals surface area contributed by atoms with E-state index < -0.39 is 10.0 Å². The van der Waals surface area contributed by atoms with Crippen molar-refractivity contribution >= 4 is 33.4 Å². The predicted octanol–water partition coefficient (Wildman–Crippen LogP) is 3.35. The molecule has 0 unspecified atom stereocenters. The number of nitrogens with one attached hydrogen (secondary N) is 2. The summed E-state index contributed by atoms with van der Waals surface area (Å²) in [4.78, 5) is 12.3. The number of nitrogens with zero attached hydrogens (tertiary/aromatic N) is 2. The molecule has 31 heavy (non-hydrogen) atoms. The Hall–Kier alpha value is -4.11. The highest BCUT2D eigenvalue weighted by Gasteiger charge is 2.17. The van der Waals surface area contributed by atoms with Crippen molar-refractivity contribution in [2.24, 2.45) is 0 Å². The maximum Gasteiger partial charge on any atom is 0.267 e. The Morgan fingerprint density at radius 3 is 2.71 bits per heavy atom. The number of hydrogen-bond donors (Lipinski definition) is 3. The molecule has 8 nitrogen and oxygen atoms in total. The quantitative estimate of drug-likeness (QED) is 0.318. The lowest BCUT2D eigenvalue weighted by Gasteiger charge is -2.07. The monoisotopic (exact) mass is 433 g/mol. The average molecular weight is 433 g/mol. The number of para-hydroxylation sites is 2. The van der Waals surface area contributed by atoms with E-state index in [1.807, 2.05) is 6.07 Å². The molecule has 9 heteroatoms. The Morgan fingerprint density at radius 1 is 1.10 bits per heavy atom. The van der Waals surface area contributed by atoms with Crippen molar-refractivity contribution in [1.82, 2.24) is 14.2 Å². The van der Waals surface area contributed by atoms with Crippen LogP contribution in [0.2, 0.25) is 0 Å². The third kappa shape index (κ3) is 4.41. The fourth-order valence-electron chi connectivity index (χ4n) is 2.96. The Labute approximate surface area is 179 Å². The highest BCUT2D eigenvalue weighted by atomic mass is 32.2. The van der Waals surface area contributed by atoms with E-state index >= 15 is 0 Å². The van der Waals surface area contributed by atoms with E-state index in [4.69, 9.17) is 5.73 Å². The van der Waals surface area contributed by atoms with Gasteiger partial charge in [-0.1, -0.05) is 24.3 Å². The van der Waals surface area contributed by atoms with Gasteiger partial charge in [0, 0.05) is 30.2 Å². The zero-order valence-corrected chi connectivity index (χ0v) is 17.1. The van der Waals surface area contributed by atoms with Gasteiger partial charge in [-0.05, 0) is 47.5 Å². The molecule has 4 N–H and O–H groups in total. The summed E-state index contributed by atoms with van der Waals surface area (Å²) in [6.07, 6.45) is 9.05. The van der Waals surface area contributed by atoms with Crippen molar-refractivity contribution in [3.05, 3.63) is 91.0 Å². The van der Waals surface area contributed by atoms with Crippen molar-refractivity contribution in [3.8, 4) is 11.1 Å². The molecule has 0 atom stereocenters. The molecule has 4 aromatic rings. The third-order valence-electron chi connectivity index (χ3n) is 4.58. The summed E-state index contributed by atoms with van der Waals surface area (Å²) in [6, 6.07) is 15.1. The minimum Gasteiger partial charge on any atom is -0.397 e. The van der Waals surface area contributed by atoms with Crippen LogP contribution in [0.4, 0.5) is 11.4 Å². The van der Waals surface area contributed by atoms with Gasteiger partial charge in [0.1, 0.15) is 0 Å². The van der Waals surface area contributed by atoms with Gasteiger partial charge in [-0.2, -0.15) is 5.10 Å². The van der Waals surface area contributed by atoms with Crippen molar-refractivity contribution in [2.75, 3.05) is 11.1 Å². The molecule has 2 heterocycles. The second kappa shape index (κ2) is 8.33. The molecule has 156 valence electrons. The van der Waals surface area contributed by atoms with Gasteiger partial charge in [-0.3, -0.25) is 9.89 Å². The zero-order valence-electron chi connectivity index (χ0n) is 16.3. The summed E-state index contributed by atoms with van der Waals surface area (Å²) in [5, 5.41) is 9.28. The molecule has 0 spiro atoms. The number of nitrogen functional groups attached to an aromatic ring is 1. The largest absolute Gasteiger partial charge is 0.397 e. The van der Waals surface area contributed by atoms with Gasteiger partial charge in [0.25, 0.3) is 10.0 Å². The van der Waals surface area contributed by atoms with Crippen LogP contribution in [0.1, 0.15) is 5.56 Å². The van der Waals surface area contributed by atoms with Gasteiger partial charge in [0.15, 0.2) is 0 Å². The highest BCUT2D eigenvalue weighted by Crippen LogP contribution is 2.23. The van der Waals surface area contributed by atoms with Gasteiger partial charge in [0.2, 0.25) is 5.91 Å². The fraction of sp³-hybridized carbons (Fsp3) is 0. The fourth-order valence-corrected chi connectivity index (χ4v) is 4.22. The second-order valence-electron chi connectivity index (χ2n) is 6.70. The maximum absolute atomic E-state index is 13.0. The summed E-state index contributed by atoms with van der Waals surface area (Å²) >= 11 is 0. The normalized spacial score (nSPS) is 11.6. The van der Waals surface area contributed by atoms with Gasteiger partial charge in [-0.25, -0.2) is 12.4 Å². The molecule has 0 bridgehead atoms. The summed E-state index contributed by atoms with van der Waals surface area (Å²) in [5.74, 6) is -0.374. The van der Waals surface area contributed by atoms with Crippen LogP contribution in [0.5, 0.6) is 0 Å². The van der Waals surface area contributed by atoms with E-state index in [-0.39, 0.29) is 10.8 Å². The number of aromatic amines is 1. The molecular weight excluding hydrogens is 414 g/mol. The van der Waals surface area contributed by atoms with E-state index in [0.29, 0.717) is 16.9 Å². The van der Waals surface area contributed by atoms with Gasteiger partial charge in [-0.15, -0.1) is 0 Å². The minimum atomic E-state index is -3.79. The molecule has 0 aliphatic heterocycles. The van der Waals surface area contributed by atoms with Crippen molar-refractivity contribution in [1.29, 1.82) is 0 Å². The number of aromatic nitrogens is 3. The number of anilines is 2. The highest BCUT2D eigenvalue weighted by molar-refractivity contribution is 7.90. The van der Waals surface area contributed by atoms with E-state index in [2.05, 4.69) is 15.5 Å². The summed E-state index contributed by atoms with van der Waals surface area (Å²) in [7, 11) is -3.79. The predicted molar refractivity (Wildman–Crippen MR) is 120 cm³/mol. The molecule has 0 aliphatic carbocycles. The molecule has 0 radical (unpaired) electrons. The second-order valence-corrected chi connectivity index (χ2v) is 8.55. The lowest BCUT2D eigenvalue weighted by Crippen LogP contribution is -2.11. The summed E-state index contributed by atoms with van der Waals surface area (Å²) in [6.45, 7) is 0. The first-order valence-corrected chi connectivity index (χ1v) is 10.7. The Bertz CT molecular complexity index is 1360. The molecule has 0 saturated heterocycles. The van der Waals surface area contributed by atoms with Crippen LogP contribution in [0.25, 0.3) is 17.2 Å². The number of carbonyl (C=O) groups excluding carboxylic acids is 1. The molecule has 2 aromatic carbocycles. The molecule has 1 amide bonds. The van der Waals surface area contributed by atoms with Crippen LogP contribution in [-0.4, -0.2) is 28.5 Å². The Balaban J connectivity index is 1.51. The third-order valence-corrected chi connectivity index (χ3v) is 6.21. The standard InChI is InChI=1S/C22H19N5O3S/c23-20-6-1-2-7-21(20)26-22(28)9-8-16-10-11-27(15-16)31(29,30)19-5-3-4-17(12-19)18-13-24-25-14-18/h1-15H,23H2,(H,24,25)(H,26,28). The van der Waals surface area contributed by atoms with Crippen LogP contribution < -0.4 is 11.1 Å². The van der Waals surface area contributed by atoms with Crippen LogP contribution >= 0.6 is 0 Å².